The molecular weight excluding hydrogens is 1360 g/mol. The molecule has 113 heavy (non-hydrogen) atoms. The van der Waals surface area contributed by atoms with Crippen LogP contribution < -0.4 is 4.90 Å². The predicted molar refractivity (Wildman–Crippen MR) is 478 cm³/mol. The molecule has 0 spiro atoms. The quantitative estimate of drug-likeness (QED) is 0.144. The maximum Gasteiger partial charge on any atom is 0.0543 e. The predicted octanol–water partition coefficient (Wildman–Crippen LogP) is 30.3. The van der Waals surface area contributed by atoms with Crippen molar-refractivity contribution in [3.8, 4) is 111 Å². The van der Waals surface area contributed by atoms with Crippen molar-refractivity contribution in [2.75, 3.05) is 4.90 Å². The van der Waals surface area contributed by atoms with Crippen LogP contribution in [0.4, 0.5) is 17.1 Å². The van der Waals surface area contributed by atoms with E-state index in [-0.39, 0.29) is 32.5 Å². The van der Waals surface area contributed by atoms with Crippen LogP contribution in [0.3, 0.4) is 0 Å². The van der Waals surface area contributed by atoms with Crippen molar-refractivity contribution in [3.63, 3.8) is 0 Å². The third kappa shape index (κ3) is 9.00. The summed E-state index contributed by atoms with van der Waals surface area (Å²) in [6.45, 7) is 29.1. The van der Waals surface area contributed by atoms with Gasteiger partial charge in [0.15, 0.2) is 0 Å². The van der Waals surface area contributed by atoms with Crippen LogP contribution in [0.15, 0.2) is 309 Å². The van der Waals surface area contributed by atoms with E-state index in [0.717, 1.165) is 11.4 Å². The van der Waals surface area contributed by atoms with Gasteiger partial charge < -0.3 is 4.90 Å². The minimum atomic E-state index is -0.340. The molecule has 17 aromatic rings. The van der Waals surface area contributed by atoms with E-state index in [0.29, 0.717) is 0 Å². The fourth-order valence-corrected chi connectivity index (χ4v) is 22.4. The SMILES string of the molecule is CC1(C)c2ccccc2-c2ccc(-c3ccc4c(c3)C(C)(C)c3cc(-c5ccc(N(c6ccc(-c7ccc8c(c7)C(C)(C)c7cc(-c9ccc%10c(c9)C(C)(C)c9ccccc9-%10)ccc7-8)cc6)c6cc7c(c8ccccc68)-c6cc8c(cc6C7(C)C)-c6cc7c9ccccc9c9ccccc9c7cc6C8(C)C)cc5)ccc3-4)cc21. The Balaban J connectivity index is 0.620. The van der Waals surface area contributed by atoms with Gasteiger partial charge in [-0.2, -0.15) is 0 Å². The van der Waals surface area contributed by atoms with Crippen molar-refractivity contribution in [3.05, 3.63) is 376 Å². The summed E-state index contributed by atoms with van der Waals surface area (Å²) in [6, 6.07) is 120. The number of fused-ring (bicyclic) bond motifs is 26. The molecule has 0 bridgehead atoms. The van der Waals surface area contributed by atoms with Crippen molar-refractivity contribution >= 4 is 60.2 Å². The highest BCUT2D eigenvalue weighted by Gasteiger charge is 2.45. The maximum atomic E-state index is 2.61. The van der Waals surface area contributed by atoms with Crippen molar-refractivity contribution < 1.29 is 0 Å². The molecular formula is C112H87N. The van der Waals surface area contributed by atoms with Crippen LogP contribution in [0.5, 0.6) is 0 Å². The number of anilines is 3. The first-order chi connectivity index (χ1) is 54.5. The monoisotopic (exact) mass is 1450 g/mol. The van der Waals surface area contributed by atoms with Gasteiger partial charge in [0.1, 0.15) is 0 Å². The molecule has 0 saturated heterocycles. The maximum absolute atomic E-state index is 2.61. The van der Waals surface area contributed by atoms with Crippen LogP contribution in [0.1, 0.15) is 150 Å². The van der Waals surface area contributed by atoms with Gasteiger partial charge in [-0.15, -0.1) is 0 Å². The molecule has 1 heteroatoms. The Hall–Kier alpha value is -12.4. The highest BCUT2D eigenvalue weighted by Crippen LogP contribution is 2.62. The fourth-order valence-electron chi connectivity index (χ4n) is 22.4. The first-order valence-electron chi connectivity index (χ1n) is 40.8. The Labute approximate surface area is 663 Å². The number of hydrogen-bond donors (Lipinski definition) is 0. The summed E-state index contributed by atoms with van der Waals surface area (Å²) in [7, 11) is 0. The standard InChI is InChI=1S/C112H87N/c1-107(2)93-31-21-19-27-78(93)80-49-39-68(55-95(80)107)70-41-51-84-82-47-37-66(53-97(82)109(5,6)99(84)57-70)64-33-43-72(44-34-64)113(73-45-35-65(36-46-73)67-38-48-83-85-52-42-71(58-100(85)110(7,8)98(83)54-67)69-40-50-81-79-28-20-22-32-94(79)108(3,4)96(81)56-69)105-63-104-106(87-30-18-17-29-86(87)105)92-62-102-91(61-103(92)112(104,11)12)90-59-88-76-25-15-13-23-74(76)75-24-14-16-26-77(75)89(88)60-101(90)111(102,9)10/h13-63H,1-12H3. The molecule has 540 valence electrons. The van der Waals surface area contributed by atoms with Crippen molar-refractivity contribution in [1.29, 1.82) is 0 Å². The molecule has 0 fully saturated rings. The van der Waals surface area contributed by atoms with Gasteiger partial charge in [-0.25, -0.2) is 0 Å². The van der Waals surface area contributed by atoms with Crippen LogP contribution >= 0.6 is 0 Å². The Morgan fingerprint density at radius 2 is 0.416 bits per heavy atom. The van der Waals surface area contributed by atoms with Crippen LogP contribution in [0.25, 0.3) is 154 Å². The Bertz CT molecular complexity index is 6880. The normalized spacial score (nSPS) is 16.0. The van der Waals surface area contributed by atoms with Crippen LogP contribution in [-0.2, 0) is 32.5 Å². The molecule has 0 atom stereocenters. The molecule has 1 nitrogen and oxygen atoms in total. The topological polar surface area (TPSA) is 3.24 Å². The Kier molecular flexibility index (Phi) is 13.3. The zero-order valence-electron chi connectivity index (χ0n) is 66.4. The van der Waals surface area contributed by atoms with Crippen LogP contribution in [0.2, 0.25) is 0 Å². The van der Waals surface area contributed by atoms with Gasteiger partial charge in [0.05, 0.1) is 5.69 Å². The van der Waals surface area contributed by atoms with Gasteiger partial charge in [0, 0.05) is 49.3 Å². The minimum absolute atomic E-state index is 0.0626. The molecule has 6 aliphatic rings. The van der Waals surface area contributed by atoms with E-state index in [2.05, 4.69) is 397 Å². The molecule has 0 amide bonds. The van der Waals surface area contributed by atoms with Gasteiger partial charge in [-0.05, 0) is 307 Å². The number of nitrogens with zero attached hydrogens (tertiary/aromatic N) is 1. The summed E-state index contributed by atoms with van der Waals surface area (Å²) in [5, 5.41) is 10.4. The lowest BCUT2D eigenvalue weighted by Crippen LogP contribution is -2.18. The highest BCUT2D eigenvalue weighted by atomic mass is 15.1. The first-order valence-corrected chi connectivity index (χ1v) is 40.8. The first kappa shape index (κ1) is 66.4. The third-order valence-corrected chi connectivity index (χ3v) is 28.7. The highest BCUT2D eigenvalue weighted by molar-refractivity contribution is 6.26. The largest absolute Gasteiger partial charge is 0.310 e. The number of hydrogen-bond acceptors (Lipinski definition) is 1. The molecule has 0 radical (unpaired) electrons. The summed E-state index contributed by atoms with van der Waals surface area (Å²) in [5.41, 5.74) is 45.0. The number of benzene rings is 17. The molecule has 23 rings (SSSR count). The molecule has 6 aliphatic carbocycles. The average Bonchev–Trinajstić information content (AvgIpc) is 1.53. The van der Waals surface area contributed by atoms with E-state index in [4.69, 9.17) is 0 Å². The minimum Gasteiger partial charge on any atom is -0.310 e. The molecule has 0 aromatic heterocycles. The van der Waals surface area contributed by atoms with Crippen molar-refractivity contribution in [2.24, 2.45) is 0 Å². The van der Waals surface area contributed by atoms with E-state index in [1.165, 1.54) is 227 Å². The lowest BCUT2D eigenvalue weighted by Gasteiger charge is -2.30. The zero-order valence-corrected chi connectivity index (χ0v) is 66.4. The van der Waals surface area contributed by atoms with Gasteiger partial charge >= 0.3 is 0 Å². The zero-order chi connectivity index (χ0) is 76.5. The Morgan fingerprint density at radius 3 is 0.814 bits per heavy atom. The van der Waals surface area contributed by atoms with Gasteiger partial charge in [-0.3, -0.25) is 0 Å². The number of rotatable bonds is 7. The molecule has 0 saturated carbocycles. The van der Waals surface area contributed by atoms with Crippen LogP contribution in [0, 0.1) is 0 Å². The second-order valence-electron chi connectivity index (χ2n) is 36.7. The molecule has 0 heterocycles. The summed E-state index contributed by atoms with van der Waals surface area (Å²) in [5.74, 6) is 0. The van der Waals surface area contributed by atoms with E-state index in [1.54, 1.807) is 0 Å². The average molecular weight is 1450 g/mol. The van der Waals surface area contributed by atoms with E-state index < -0.39 is 0 Å². The second-order valence-corrected chi connectivity index (χ2v) is 36.7. The van der Waals surface area contributed by atoms with E-state index >= 15 is 0 Å². The fraction of sp³-hybridized carbons (Fsp3) is 0.161. The van der Waals surface area contributed by atoms with Crippen LogP contribution in [-0.4, -0.2) is 0 Å². The lowest BCUT2D eigenvalue weighted by atomic mass is 9.79. The summed E-state index contributed by atoms with van der Waals surface area (Å²) < 4.78 is 0. The Morgan fingerprint density at radius 1 is 0.159 bits per heavy atom. The molecule has 17 aromatic carbocycles. The molecule has 0 aliphatic heterocycles. The summed E-state index contributed by atoms with van der Waals surface area (Å²) in [6.07, 6.45) is 0. The summed E-state index contributed by atoms with van der Waals surface area (Å²) >= 11 is 0. The van der Waals surface area contributed by atoms with Crippen molar-refractivity contribution in [1.82, 2.24) is 0 Å². The molecule has 0 N–H and O–H groups in total. The smallest absolute Gasteiger partial charge is 0.0543 e. The molecule has 0 unspecified atom stereocenters. The van der Waals surface area contributed by atoms with Crippen molar-refractivity contribution in [2.45, 2.75) is 116 Å². The van der Waals surface area contributed by atoms with E-state index in [9.17, 15) is 0 Å². The third-order valence-electron chi connectivity index (χ3n) is 28.7. The second kappa shape index (κ2) is 22.7. The van der Waals surface area contributed by atoms with E-state index in [1.807, 2.05) is 0 Å². The van der Waals surface area contributed by atoms with Gasteiger partial charge in [0.25, 0.3) is 0 Å². The summed E-state index contributed by atoms with van der Waals surface area (Å²) in [4.78, 5) is 2.55. The van der Waals surface area contributed by atoms with Gasteiger partial charge in [0.2, 0.25) is 0 Å². The lowest BCUT2D eigenvalue weighted by molar-refractivity contribution is 0.652. The van der Waals surface area contributed by atoms with Gasteiger partial charge in [-0.1, -0.05) is 301 Å².